The zero-order valence-electron chi connectivity index (χ0n) is 23.5. The second-order valence-corrected chi connectivity index (χ2v) is 11.5. The Morgan fingerprint density at radius 3 is 2.23 bits per heavy atom. The van der Waals surface area contributed by atoms with Crippen LogP contribution in [-0.2, 0) is 27.0 Å². The average molecular weight is 542 g/mol. The minimum absolute atomic E-state index is 0.0112. The zero-order chi connectivity index (χ0) is 28.8. The fourth-order valence-corrected chi connectivity index (χ4v) is 5.26. The highest BCUT2D eigenvalue weighted by atomic mass is 19.1. The fourth-order valence-electron chi connectivity index (χ4n) is 5.26. The molecule has 0 aliphatic heterocycles. The molecule has 2 aromatic rings. The standard InChI is InChI=1S/C31H41F2N3O3/c1-30(2,3)22-7-6-8-23(17-22)31(11-9-20(10-12-31)16-28(38)34-4)36-19-27(37)26(29(39)35-5)15-21-13-24(32)18-25(33)14-21/h6-8,13-14,16-18,26-27,36-37H,9-12,15,19H2,1-5H3,(H,34,38)(H,35,39). The second kappa shape index (κ2) is 12.8. The normalized spacial score (nSPS) is 19.2. The summed E-state index contributed by atoms with van der Waals surface area (Å²) < 4.78 is 27.6. The first-order valence-electron chi connectivity index (χ1n) is 13.5. The molecule has 6 nitrogen and oxygen atoms in total. The molecule has 0 radical (unpaired) electrons. The summed E-state index contributed by atoms with van der Waals surface area (Å²) in [5, 5.41) is 20.0. The van der Waals surface area contributed by atoms with Crippen molar-refractivity contribution < 1.29 is 23.5 Å². The maximum atomic E-state index is 13.8. The molecule has 2 atom stereocenters. The molecule has 2 amide bonds. The smallest absolute Gasteiger partial charge is 0.243 e. The Kier molecular flexibility index (Phi) is 10.0. The van der Waals surface area contributed by atoms with Crippen molar-refractivity contribution in [1.82, 2.24) is 16.0 Å². The number of carbonyl (C=O) groups excluding carboxylic acids is 2. The SMILES string of the molecule is CNC(=O)C=C1CCC(NCC(O)C(Cc2cc(F)cc(F)c2)C(=O)NC)(c2cccc(C(C)(C)C)c2)CC1. The quantitative estimate of drug-likeness (QED) is 0.357. The molecule has 0 saturated heterocycles. The Balaban J connectivity index is 1.88. The largest absolute Gasteiger partial charge is 0.391 e. The number of aliphatic hydroxyl groups excluding tert-OH is 1. The highest BCUT2D eigenvalue weighted by Gasteiger charge is 2.37. The van der Waals surface area contributed by atoms with E-state index < -0.39 is 35.1 Å². The molecule has 39 heavy (non-hydrogen) atoms. The maximum Gasteiger partial charge on any atom is 0.243 e. The van der Waals surface area contributed by atoms with Crippen LogP contribution < -0.4 is 16.0 Å². The molecule has 0 heterocycles. The van der Waals surface area contributed by atoms with Crippen LogP contribution in [0, 0.1) is 17.6 Å². The van der Waals surface area contributed by atoms with Gasteiger partial charge < -0.3 is 21.1 Å². The maximum absolute atomic E-state index is 13.8. The number of nitrogens with one attached hydrogen (secondary N) is 3. The molecule has 1 saturated carbocycles. The number of hydrogen-bond acceptors (Lipinski definition) is 4. The second-order valence-electron chi connectivity index (χ2n) is 11.5. The van der Waals surface area contributed by atoms with E-state index in [-0.39, 0.29) is 24.3 Å². The van der Waals surface area contributed by atoms with Crippen molar-refractivity contribution in [1.29, 1.82) is 0 Å². The molecule has 3 rings (SSSR count). The molecule has 4 N–H and O–H groups in total. The third-order valence-electron chi connectivity index (χ3n) is 7.68. The van der Waals surface area contributed by atoms with Crippen LogP contribution in [0.2, 0.25) is 0 Å². The Hall–Kier alpha value is -3.10. The summed E-state index contributed by atoms with van der Waals surface area (Å²) in [5.41, 5.74) is 3.10. The molecule has 0 aromatic heterocycles. The van der Waals surface area contributed by atoms with Gasteiger partial charge in [0, 0.05) is 38.3 Å². The number of likely N-dealkylation sites (N-methyl/N-ethyl adjacent to an activating group) is 1. The third kappa shape index (κ3) is 7.96. The lowest BCUT2D eigenvalue weighted by Gasteiger charge is -2.41. The number of aliphatic hydroxyl groups is 1. The van der Waals surface area contributed by atoms with Crippen molar-refractivity contribution in [2.45, 2.75) is 69.9 Å². The number of hydrogen-bond donors (Lipinski definition) is 4. The van der Waals surface area contributed by atoms with Crippen LogP contribution in [0.25, 0.3) is 0 Å². The van der Waals surface area contributed by atoms with Crippen LogP contribution in [-0.4, -0.2) is 43.7 Å². The Labute approximate surface area is 230 Å². The Bertz CT molecular complexity index is 1180. The summed E-state index contributed by atoms with van der Waals surface area (Å²) in [6.07, 6.45) is 3.36. The first kappa shape index (κ1) is 30.4. The van der Waals surface area contributed by atoms with Gasteiger partial charge >= 0.3 is 0 Å². The first-order valence-corrected chi connectivity index (χ1v) is 13.5. The predicted molar refractivity (Wildman–Crippen MR) is 149 cm³/mol. The monoisotopic (exact) mass is 541 g/mol. The average Bonchev–Trinajstić information content (AvgIpc) is 2.90. The van der Waals surface area contributed by atoms with Gasteiger partial charge in [0.15, 0.2) is 0 Å². The van der Waals surface area contributed by atoms with Gasteiger partial charge in [0.05, 0.1) is 12.0 Å². The van der Waals surface area contributed by atoms with Gasteiger partial charge in [-0.25, -0.2) is 8.78 Å². The number of carbonyl (C=O) groups is 2. The fraction of sp³-hybridized carbons (Fsp3) is 0.484. The van der Waals surface area contributed by atoms with Gasteiger partial charge in [-0.2, -0.15) is 0 Å². The number of amides is 2. The van der Waals surface area contributed by atoms with Crippen LogP contribution in [0.4, 0.5) is 8.78 Å². The molecule has 2 unspecified atom stereocenters. The van der Waals surface area contributed by atoms with Crippen molar-refractivity contribution in [2.24, 2.45) is 5.92 Å². The first-order chi connectivity index (χ1) is 18.4. The van der Waals surface area contributed by atoms with Crippen molar-refractivity contribution >= 4 is 11.8 Å². The van der Waals surface area contributed by atoms with Gasteiger partial charge in [-0.15, -0.1) is 0 Å². The topological polar surface area (TPSA) is 90.5 Å². The number of rotatable bonds is 9. The van der Waals surface area contributed by atoms with Crippen LogP contribution >= 0.6 is 0 Å². The van der Waals surface area contributed by atoms with E-state index in [1.165, 1.54) is 24.7 Å². The van der Waals surface area contributed by atoms with Gasteiger partial charge in [-0.05, 0) is 66.3 Å². The highest BCUT2D eigenvalue weighted by molar-refractivity contribution is 5.87. The number of halogens is 2. The van der Waals surface area contributed by atoms with Crippen molar-refractivity contribution in [2.75, 3.05) is 20.6 Å². The van der Waals surface area contributed by atoms with E-state index in [2.05, 4.69) is 54.9 Å². The lowest BCUT2D eigenvalue weighted by atomic mass is 9.73. The van der Waals surface area contributed by atoms with E-state index in [1.807, 2.05) is 6.07 Å². The molecular weight excluding hydrogens is 500 g/mol. The lowest BCUT2D eigenvalue weighted by Crippen LogP contribution is -2.50. The summed E-state index contributed by atoms with van der Waals surface area (Å²) in [5.74, 6) is -2.90. The highest BCUT2D eigenvalue weighted by Crippen LogP contribution is 2.40. The summed E-state index contributed by atoms with van der Waals surface area (Å²) >= 11 is 0. The van der Waals surface area contributed by atoms with Crippen LogP contribution in [0.5, 0.6) is 0 Å². The molecule has 1 fully saturated rings. The summed E-state index contributed by atoms with van der Waals surface area (Å²) in [4.78, 5) is 24.6. The van der Waals surface area contributed by atoms with E-state index in [0.717, 1.165) is 17.2 Å². The zero-order valence-corrected chi connectivity index (χ0v) is 23.5. The molecule has 2 aromatic carbocycles. The summed E-state index contributed by atoms with van der Waals surface area (Å²) in [6.45, 7) is 6.57. The molecule has 1 aliphatic rings. The van der Waals surface area contributed by atoms with Crippen LogP contribution in [0.3, 0.4) is 0 Å². The minimum Gasteiger partial charge on any atom is -0.391 e. The van der Waals surface area contributed by atoms with E-state index in [4.69, 9.17) is 0 Å². The molecule has 1 aliphatic carbocycles. The van der Waals surface area contributed by atoms with E-state index in [1.54, 1.807) is 13.1 Å². The van der Waals surface area contributed by atoms with Crippen LogP contribution in [0.15, 0.2) is 54.1 Å². The van der Waals surface area contributed by atoms with E-state index >= 15 is 0 Å². The predicted octanol–water partition coefficient (Wildman–Crippen LogP) is 4.26. The lowest BCUT2D eigenvalue weighted by molar-refractivity contribution is -0.128. The van der Waals surface area contributed by atoms with Crippen LogP contribution in [0.1, 0.15) is 63.1 Å². The van der Waals surface area contributed by atoms with E-state index in [9.17, 15) is 23.5 Å². The van der Waals surface area contributed by atoms with E-state index in [0.29, 0.717) is 31.2 Å². The Morgan fingerprint density at radius 2 is 1.67 bits per heavy atom. The van der Waals surface area contributed by atoms with Gasteiger partial charge in [0.2, 0.25) is 11.8 Å². The molecule has 0 spiro atoms. The summed E-state index contributed by atoms with van der Waals surface area (Å²) in [6, 6.07) is 11.6. The van der Waals surface area contributed by atoms with Gasteiger partial charge in [-0.3, -0.25) is 9.59 Å². The molecule has 212 valence electrons. The summed E-state index contributed by atoms with van der Waals surface area (Å²) in [7, 11) is 3.08. The third-order valence-corrected chi connectivity index (χ3v) is 7.68. The van der Waals surface area contributed by atoms with Crippen molar-refractivity contribution in [3.05, 3.63) is 82.4 Å². The molecule has 8 heteroatoms. The molecular formula is C31H41F2N3O3. The molecule has 0 bridgehead atoms. The number of allylic oxidation sites excluding steroid dienone is 1. The van der Waals surface area contributed by atoms with Crippen molar-refractivity contribution in [3.63, 3.8) is 0 Å². The Morgan fingerprint density at radius 1 is 1.03 bits per heavy atom. The minimum atomic E-state index is -1.11. The number of benzene rings is 2. The van der Waals surface area contributed by atoms with Gasteiger partial charge in [0.1, 0.15) is 11.6 Å². The van der Waals surface area contributed by atoms with Gasteiger partial charge in [-0.1, -0.05) is 50.6 Å². The van der Waals surface area contributed by atoms with Crippen molar-refractivity contribution in [3.8, 4) is 0 Å². The van der Waals surface area contributed by atoms with Gasteiger partial charge in [0.25, 0.3) is 0 Å².